The van der Waals surface area contributed by atoms with Crippen molar-refractivity contribution >= 4 is 11.8 Å². The SMILES string of the molecule is CCC(C)NC(=O)CCNC(=O)C(F)(F)C(F)F. The van der Waals surface area contributed by atoms with Gasteiger partial charge >= 0.3 is 12.3 Å². The van der Waals surface area contributed by atoms with Gasteiger partial charge in [-0.3, -0.25) is 9.59 Å². The molecule has 0 heterocycles. The first-order chi connectivity index (χ1) is 8.21. The number of carbonyl (C=O) groups excluding carboxylic acids is 2. The third-order valence-electron chi connectivity index (χ3n) is 2.23. The average molecular weight is 272 g/mol. The lowest BCUT2D eigenvalue weighted by molar-refractivity contribution is -0.169. The van der Waals surface area contributed by atoms with E-state index in [-0.39, 0.29) is 12.5 Å². The van der Waals surface area contributed by atoms with E-state index < -0.39 is 30.7 Å². The summed E-state index contributed by atoms with van der Waals surface area (Å²) in [5.41, 5.74) is 0. The Labute approximate surface area is 102 Å². The Hall–Kier alpha value is -1.34. The van der Waals surface area contributed by atoms with Crippen LogP contribution in [0.15, 0.2) is 0 Å². The van der Waals surface area contributed by atoms with Crippen LogP contribution in [0.3, 0.4) is 0 Å². The second-order valence-corrected chi connectivity index (χ2v) is 3.81. The highest BCUT2D eigenvalue weighted by Crippen LogP contribution is 2.22. The minimum absolute atomic E-state index is 0.0734. The molecule has 1 atom stereocenters. The van der Waals surface area contributed by atoms with Gasteiger partial charge in [0.15, 0.2) is 0 Å². The number of halogens is 4. The summed E-state index contributed by atoms with van der Waals surface area (Å²) in [6, 6.07) is -0.0734. The Balaban J connectivity index is 3.99. The zero-order chi connectivity index (χ0) is 14.3. The Morgan fingerprint density at radius 1 is 1.28 bits per heavy atom. The van der Waals surface area contributed by atoms with Crippen LogP contribution in [0.5, 0.6) is 0 Å². The quantitative estimate of drug-likeness (QED) is 0.686. The van der Waals surface area contributed by atoms with Crippen LogP contribution in [0, 0.1) is 0 Å². The van der Waals surface area contributed by atoms with Crippen molar-refractivity contribution in [3.05, 3.63) is 0 Å². The predicted octanol–water partition coefficient (Wildman–Crippen LogP) is 1.31. The lowest BCUT2D eigenvalue weighted by atomic mass is 10.2. The van der Waals surface area contributed by atoms with Crippen LogP contribution in [0.25, 0.3) is 0 Å². The molecule has 0 saturated heterocycles. The lowest BCUT2D eigenvalue weighted by Crippen LogP contribution is -2.46. The molecule has 1 unspecified atom stereocenters. The van der Waals surface area contributed by atoms with E-state index in [9.17, 15) is 27.2 Å². The van der Waals surface area contributed by atoms with Gasteiger partial charge in [-0.2, -0.15) is 8.78 Å². The first kappa shape index (κ1) is 16.7. The molecular weight excluding hydrogens is 256 g/mol. The van der Waals surface area contributed by atoms with Gasteiger partial charge in [-0.05, 0) is 13.3 Å². The van der Waals surface area contributed by atoms with Crippen LogP contribution in [0.1, 0.15) is 26.7 Å². The second-order valence-electron chi connectivity index (χ2n) is 3.81. The van der Waals surface area contributed by atoms with Gasteiger partial charge < -0.3 is 10.6 Å². The van der Waals surface area contributed by atoms with Crippen molar-refractivity contribution in [1.29, 1.82) is 0 Å². The molecule has 0 aliphatic heterocycles. The first-order valence-corrected chi connectivity index (χ1v) is 5.45. The van der Waals surface area contributed by atoms with Crippen LogP contribution in [-0.2, 0) is 9.59 Å². The third-order valence-corrected chi connectivity index (χ3v) is 2.23. The molecule has 0 aliphatic carbocycles. The van der Waals surface area contributed by atoms with Crippen molar-refractivity contribution in [2.75, 3.05) is 6.54 Å². The van der Waals surface area contributed by atoms with Crippen LogP contribution in [0.2, 0.25) is 0 Å². The highest BCUT2D eigenvalue weighted by atomic mass is 19.3. The molecule has 0 aliphatic rings. The normalized spacial score (nSPS) is 13.3. The Morgan fingerprint density at radius 2 is 1.83 bits per heavy atom. The Bertz CT molecular complexity index is 298. The van der Waals surface area contributed by atoms with Crippen molar-refractivity contribution in [2.24, 2.45) is 0 Å². The first-order valence-electron chi connectivity index (χ1n) is 5.45. The molecule has 18 heavy (non-hydrogen) atoms. The van der Waals surface area contributed by atoms with Crippen molar-refractivity contribution < 1.29 is 27.2 Å². The van der Waals surface area contributed by atoms with Gasteiger partial charge in [-0.25, -0.2) is 8.78 Å². The monoisotopic (exact) mass is 272 g/mol. The molecule has 2 N–H and O–H groups in total. The number of carbonyl (C=O) groups is 2. The van der Waals surface area contributed by atoms with E-state index >= 15 is 0 Å². The van der Waals surface area contributed by atoms with Crippen LogP contribution in [-0.4, -0.2) is 36.7 Å². The number of rotatable bonds is 7. The molecular formula is C10H16F4N2O2. The molecule has 0 spiro atoms. The fourth-order valence-corrected chi connectivity index (χ4v) is 0.956. The summed E-state index contributed by atoms with van der Waals surface area (Å²) in [5.74, 6) is -7.24. The molecule has 0 fully saturated rings. The van der Waals surface area contributed by atoms with E-state index in [4.69, 9.17) is 0 Å². The highest BCUT2D eigenvalue weighted by molar-refractivity contribution is 5.84. The fourth-order valence-electron chi connectivity index (χ4n) is 0.956. The van der Waals surface area contributed by atoms with Gasteiger partial charge in [-0.1, -0.05) is 6.92 Å². The van der Waals surface area contributed by atoms with Crippen LogP contribution >= 0.6 is 0 Å². The van der Waals surface area contributed by atoms with Crippen LogP contribution < -0.4 is 10.6 Å². The highest BCUT2D eigenvalue weighted by Gasteiger charge is 2.48. The average Bonchev–Trinajstić information content (AvgIpc) is 2.28. The molecule has 0 aromatic rings. The van der Waals surface area contributed by atoms with Crippen molar-refractivity contribution in [1.82, 2.24) is 10.6 Å². The Kier molecular flexibility index (Phi) is 6.64. The van der Waals surface area contributed by atoms with Crippen LogP contribution in [0.4, 0.5) is 17.6 Å². The minimum atomic E-state index is -4.73. The predicted molar refractivity (Wildman–Crippen MR) is 56.5 cm³/mol. The number of hydrogen-bond acceptors (Lipinski definition) is 2. The minimum Gasteiger partial charge on any atom is -0.354 e. The molecule has 0 bridgehead atoms. The summed E-state index contributed by atoms with van der Waals surface area (Å²) in [5, 5.41) is 4.14. The smallest absolute Gasteiger partial charge is 0.354 e. The molecule has 0 radical (unpaired) electrons. The molecule has 0 aromatic heterocycles. The maximum absolute atomic E-state index is 12.5. The summed E-state index contributed by atoms with van der Waals surface area (Å²) in [4.78, 5) is 21.9. The van der Waals surface area contributed by atoms with Crippen molar-refractivity contribution in [3.8, 4) is 0 Å². The van der Waals surface area contributed by atoms with Gasteiger partial charge in [0.1, 0.15) is 0 Å². The van der Waals surface area contributed by atoms with E-state index in [2.05, 4.69) is 5.32 Å². The van der Waals surface area contributed by atoms with E-state index in [0.717, 1.165) is 0 Å². The maximum atomic E-state index is 12.5. The molecule has 0 aromatic carbocycles. The van der Waals surface area contributed by atoms with Crippen molar-refractivity contribution in [2.45, 2.75) is 45.1 Å². The Morgan fingerprint density at radius 3 is 2.28 bits per heavy atom. The van der Waals surface area contributed by atoms with E-state index in [0.29, 0.717) is 6.42 Å². The van der Waals surface area contributed by atoms with E-state index in [1.807, 2.05) is 6.92 Å². The summed E-state index contributed by atoms with van der Waals surface area (Å²) in [6.45, 7) is 3.18. The van der Waals surface area contributed by atoms with Gasteiger partial charge in [0.25, 0.3) is 5.91 Å². The number of amides is 2. The number of alkyl halides is 4. The molecule has 2 amide bonds. The summed E-state index contributed by atoms with van der Waals surface area (Å²) < 4.78 is 48.5. The number of nitrogens with one attached hydrogen (secondary N) is 2. The molecule has 0 rings (SSSR count). The topological polar surface area (TPSA) is 58.2 Å². The lowest BCUT2D eigenvalue weighted by Gasteiger charge is -2.15. The number of hydrogen-bond donors (Lipinski definition) is 2. The summed E-state index contributed by atoms with van der Waals surface area (Å²) in [7, 11) is 0. The molecule has 106 valence electrons. The van der Waals surface area contributed by atoms with E-state index in [1.54, 1.807) is 12.2 Å². The van der Waals surface area contributed by atoms with Gasteiger partial charge in [-0.15, -0.1) is 0 Å². The van der Waals surface area contributed by atoms with Gasteiger partial charge in [0, 0.05) is 19.0 Å². The molecule has 4 nitrogen and oxygen atoms in total. The van der Waals surface area contributed by atoms with Gasteiger partial charge in [0.05, 0.1) is 0 Å². The van der Waals surface area contributed by atoms with Crippen molar-refractivity contribution in [3.63, 3.8) is 0 Å². The summed E-state index contributed by atoms with van der Waals surface area (Å²) >= 11 is 0. The maximum Gasteiger partial charge on any atom is 0.383 e. The summed E-state index contributed by atoms with van der Waals surface area (Å²) in [6.07, 6.45) is -3.61. The third kappa shape index (κ3) is 5.33. The zero-order valence-corrected chi connectivity index (χ0v) is 10.1. The molecule has 8 heteroatoms. The largest absolute Gasteiger partial charge is 0.383 e. The van der Waals surface area contributed by atoms with E-state index in [1.165, 1.54) is 0 Å². The standard InChI is InChI=1S/C10H16F4N2O2/c1-3-6(2)16-7(17)4-5-15-9(18)10(13,14)8(11)12/h6,8H,3-5H2,1-2H3,(H,15,18)(H,16,17). The molecule has 0 saturated carbocycles. The van der Waals surface area contributed by atoms with Gasteiger partial charge in [0.2, 0.25) is 5.91 Å². The fraction of sp³-hybridized carbons (Fsp3) is 0.800. The zero-order valence-electron chi connectivity index (χ0n) is 10.1. The second kappa shape index (κ2) is 7.17.